The predicted molar refractivity (Wildman–Crippen MR) is 71.3 cm³/mol. The summed E-state index contributed by atoms with van der Waals surface area (Å²) >= 11 is 0. The minimum absolute atomic E-state index is 0.646. The molecule has 1 aliphatic heterocycles. The van der Waals surface area contributed by atoms with Gasteiger partial charge >= 0.3 is 0 Å². The zero-order valence-corrected chi connectivity index (χ0v) is 10.7. The van der Waals surface area contributed by atoms with Crippen molar-refractivity contribution in [2.75, 3.05) is 25.4 Å². The van der Waals surface area contributed by atoms with Gasteiger partial charge in [-0.1, -0.05) is 6.92 Å². The number of hydrogen-bond donors (Lipinski definition) is 1. The number of rotatable bonds is 3. The molecule has 2 aromatic heterocycles. The van der Waals surface area contributed by atoms with Gasteiger partial charge in [-0.15, -0.1) is 0 Å². The van der Waals surface area contributed by atoms with E-state index in [-0.39, 0.29) is 0 Å². The molecule has 1 saturated heterocycles. The van der Waals surface area contributed by atoms with Crippen LogP contribution in [0.4, 0.5) is 5.82 Å². The third kappa shape index (κ3) is 2.06. The highest BCUT2D eigenvalue weighted by Crippen LogP contribution is 2.20. The molecule has 1 fully saturated rings. The van der Waals surface area contributed by atoms with Gasteiger partial charge in [0, 0.05) is 18.8 Å². The van der Waals surface area contributed by atoms with Crippen molar-refractivity contribution in [2.24, 2.45) is 5.92 Å². The third-order valence-corrected chi connectivity index (χ3v) is 3.75. The second-order valence-electron chi connectivity index (χ2n) is 5.03. The molecule has 0 aromatic carbocycles. The first kappa shape index (κ1) is 11.5. The number of likely N-dealkylation sites (tertiary alicyclic amines) is 1. The van der Waals surface area contributed by atoms with Crippen molar-refractivity contribution in [1.82, 2.24) is 19.5 Å². The van der Waals surface area contributed by atoms with Gasteiger partial charge in [-0.3, -0.25) is 0 Å². The minimum Gasteiger partial charge on any atom is -0.384 e. The summed E-state index contributed by atoms with van der Waals surface area (Å²) in [7, 11) is 0. The van der Waals surface area contributed by atoms with E-state index in [1.165, 1.54) is 19.5 Å². The Balaban J connectivity index is 1.77. The van der Waals surface area contributed by atoms with E-state index in [4.69, 9.17) is 5.73 Å². The van der Waals surface area contributed by atoms with Gasteiger partial charge in [-0.25, -0.2) is 4.98 Å². The fourth-order valence-corrected chi connectivity index (χ4v) is 2.72. The minimum atomic E-state index is 0.646. The van der Waals surface area contributed by atoms with Gasteiger partial charge in [0.15, 0.2) is 5.65 Å². The Morgan fingerprint density at radius 3 is 3.11 bits per heavy atom. The number of anilines is 1. The molecule has 0 aliphatic carbocycles. The summed E-state index contributed by atoms with van der Waals surface area (Å²) < 4.78 is 1.72. The summed E-state index contributed by atoms with van der Waals surface area (Å²) in [5, 5.41) is 4.54. The number of fused-ring (bicyclic) bond motifs is 1. The lowest BCUT2D eigenvalue weighted by Crippen LogP contribution is -2.20. The molecule has 96 valence electrons. The first-order chi connectivity index (χ1) is 8.76. The van der Waals surface area contributed by atoms with Gasteiger partial charge in [0.05, 0.1) is 5.69 Å². The molecule has 0 saturated carbocycles. The fraction of sp³-hybridized carbons (Fsp3) is 0.538. The second-order valence-corrected chi connectivity index (χ2v) is 5.03. The van der Waals surface area contributed by atoms with Crippen molar-refractivity contribution in [3.63, 3.8) is 0 Å². The second kappa shape index (κ2) is 4.57. The summed E-state index contributed by atoms with van der Waals surface area (Å²) in [6, 6.07) is 3.82. The van der Waals surface area contributed by atoms with Crippen molar-refractivity contribution in [2.45, 2.75) is 19.8 Å². The van der Waals surface area contributed by atoms with E-state index >= 15 is 0 Å². The van der Waals surface area contributed by atoms with Crippen molar-refractivity contribution < 1.29 is 0 Å². The largest absolute Gasteiger partial charge is 0.384 e. The molecular formula is C13H19N5. The Kier molecular flexibility index (Phi) is 2.91. The average Bonchev–Trinajstić information content (AvgIpc) is 2.96. The van der Waals surface area contributed by atoms with Crippen molar-refractivity contribution in [1.29, 1.82) is 0 Å². The molecule has 1 atom stereocenters. The lowest BCUT2D eigenvalue weighted by Gasteiger charge is -2.11. The highest BCUT2D eigenvalue weighted by atomic mass is 15.3. The number of aromatic nitrogens is 3. The molecule has 0 spiro atoms. The number of nitrogens with zero attached hydrogens (tertiary/aromatic N) is 4. The van der Waals surface area contributed by atoms with Gasteiger partial charge in [-0.05, 0) is 37.9 Å². The Hall–Kier alpha value is -1.62. The maximum atomic E-state index is 5.87. The van der Waals surface area contributed by atoms with Gasteiger partial charge in [-0.2, -0.15) is 9.61 Å². The van der Waals surface area contributed by atoms with Crippen LogP contribution in [0.25, 0.3) is 5.65 Å². The SMILES string of the molecule is CCN1CCC(Cc2cc3nccc(N)n3n2)C1. The van der Waals surface area contributed by atoms with Crippen molar-refractivity contribution in [3.8, 4) is 0 Å². The molecule has 2 N–H and O–H groups in total. The predicted octanol–water partition coefficient (Wildman–Crippen LogP) is 1.20. The fourth-order valence-electron chi connectivity index (χ4n) is 2.72. The topological polar surface area (TPSA) is 59.5 Å². The smallest absolute Gasteiger partial charge is 0.157 e. The highest BCUT2D eigenvalue weighted by Gasteiger charge is 2.22. The third-order valence-electron chi connectivity index (χ3n) is 3.75. The molecule has 3 rings (SSSR count). The molecule has 0 bridgehead atoms. The van der Waals surface area contributed by atoms with Crippen LogP contribution in [0.5, 0.6) is 0 Å². The number of nitrogens with two attached hydrogens (primary N) is 1. The zero-order chi connectivity index (χ0) is 12.5. The monoisotopic (exact) mass is 245 g/mol. The van der Waals surface area contributed by atoms with Crippen LogP contribution < -0.4 is 5.73 Å². The zero-order valence-electron chi connectivity index (χ0n) is 10.7. The molecule has 0 amide bonds. The molecule has 5 nitrogen and oxygen atoms in total. The summed E-state index contributed by atoms with van der Waals surface area (Å²) in [5.41, 5.74) is 7.82. The van der Waals surface area contributed by atoms with Crippen LogP contribution >= 0.6 is 0 Å². The first-order valence-electron chi connectivity index (χ1n) is 6.57. The maximum Gasteiger partial charge on any atom is 0.157 e. The summed E-state index contributed by atoms with van der Waals surface area (Å²) in [5.74, 6) is 1.36. The van der Waals surface area contributed by atoms with Crippen LogP contribution in [0.15, 0.2) is 18.3 Å². The maximum absolute atomic E-state index is 5.87. The van der Waals surface area contributed by atoms with Crippen LogP contribution in [-0.4, -0.2) is 39.1 Å². The summed E-state index contributed by atoms with van der Waals surface area (Å²) in [6.45, 7) is 5.77. The van der Waals surface area contributed by atoms with Crippen LogP contribution in [0.1, 0.15) is 19.0 Å². The lowest BCUT2D eigenvalue weighted by atomic mass is 10.0. The quantitative estimate of drug-likeness (QED) is 0.882. The number of hydrogen-bond acceptors (Lipinski definition) is 4. The van der Waals surface area contributed by atoms with E-state index in [2.05, 4.69) is 21.9 Å². The first-order valence-corrected chi connectivity index (χ1v) is 6.57. The molecule has 18 heavy (non-hydrogen) atoms. The standard InChI is InChI=1S/C13H19N5/c1-2-17-6-4-10(9-17)7-11-8-13-15-5-3-12(14)18(13)16-11/h3,5,8,10H,2,4,6-7,9,14H2,1H3. The van der Waals surface area contributed by atoms with Crippen molar-refractivity contribution >= 4 is 11.5 Å². The summed E-state index contributed by atoms with van der Waals surface area (Å²) in [4.78, 5) is 6.77. The Morgan fingerprint density at radius 1 is 1.50 bits per heavy atom. The van der Waals surface area contributed by atoms with Crippen molar-refractivity contribution in [3.05, 3.63) is 24.0 Å². The highest BCUT2D eigenvalue weighted by molar-refractivity contribution is 5.46. The number of nitrogen functional groups attached to an aromatic ring is 1. The molecule has 1 unspecified atom stereocenters. The van der Waals surface area contributed by atoms with Crippen LogP contribution in [-0.2, 0) is 6.42 Å². The molecular weight excluding hydrogens is 226 g/mol. The molecule has 3 heterocycles. The van der Waals surface area contributed by atoms with Crippen LogP contribution in [0.2, 0.25) is 0 Å². The van der Waals surface area contributed by atoms with Crippen LogP contribution in [0.3, 0.4) is 0 Å². The van der Waals surface area contributed by atoms with Gasteiger partial charge in [0.1, 0.15) is 5.82 Å². The molecule has 1 aliphatic rings. The molecule has 5 heteroatoms. The normalized spacial score (nSPS) is 20.8. The van der Waals surface area contributed by atoms with E-state index in [1.807, 2.05) is 6.07 Å². The Labute approximate surface area is 107 Å². The van der Waals surface area contributed by atoms with E-state index in [0.717, 1.165) is 30.2 Å². The van der Waals surface area contributed by atoms with E-state index < -0.39 is 0 Å². The Morgan fingerprint density at radius 2 is 2.39 bits per heavy atom. The molecule has 2 aromatic rings. The van der Waals surface area contributed by atoms with E-state index in [0.29, 0.717) is 5.82 Å². The summed E-state index contributed by atoms with van der Waals surface area (Å²) in [6.07, 6.45) is 4.02. The lowest BCUT2D eigenvalue weighted by molar-refractivity contribution is 0.341. The molecule has 0 radical (unpaired) electrons. The van der Waals surface area contributed by atoms with E-state index in [9.17, 15) is 0 Å². The van der Waals surface area contributed by atoms with Crippen LogP contribution in [0, 0.1) is 5.92 Å². The average molecular weight is 245 g/mol. The van der Waals surface area contributed by atoms with E-state index in [1.54, 1.807) is 16.8 Å². The van der Waals surface area contributed by atoms with Gasteiger partial charge in [0.2, 0.25) is 0 Å². The Bertz CT molecular complexity index is 547. The van der Waals surface area contributed by atoms with Gasteiger partial charge in [0.25, 0.3) is 0 Å². The van der Waals surface area contributed by atoms with Gasteiger partial charge < -0.3 is 10.6 Å².